The van der Waals surface area contributed by atoms with Crippen molar-refractivity contribution < 1.29 is 4.74 Å². The maximum Gasteiger partial charge on any atom is 0.131 e. The number of ether oxygens (including phenoxy) is 1. The highest BCUT2D eigenvalue weighted by Gasteiger charge is 2.07. The van der Waals surface area contributed by atoms with Crippen LogP contribution < -0.4 is 10.5 Å². The van der Waals surface area contributed by atoms with Gasteiger partial charge in [0, 0.05) is 15.8 Å². The lowest BCUT2D eigenvalue weighted by molar-refractivity contribution is 0.301. The van der Waals surface area contributed by atoms with Gasteiger partial charge in [-0.25, -0.2) is 4.98 Å². The van der Waals surface area contributed by atoms with Gasteiger partial charge in [0.1, 0.15) is 12.4 Å². The number of nitrogens with zero attached hydrogens (tertiary/aromatic N) is 1. The van der Waals surface area contributed by atoms with Gasteiger partial charge in [0.25, 0.3) is 0 Å². The molecule has 0 aliphatic heterocycles. The summed E-state index contributed by atoms with van der Waals surface area (Å²) in [5.41, 5.74) is 7.77. The largest absolute Gasteiger partial charge is 0.487 e. The fraction of sp³-hybridized carbons (Fsp3) is 0.400. The minimum Gasteiger partial charge on any atom is -0.487 e. The summed E-state index contributed by atoms with van der Waals surface area (Å²) in [6, 6.07) is 5.99. The highest BCUT2D eigenvalue weighted by atomic mass is 79.9. The maximum atomic E-state index is 5.81. The third kappa shape index (κ3) is 4.04. The Morgan fingerprint density at radius 2 is 2.20 bits per heavy atom. The SMILES string of the molecule is CC(C)c1nc(COc2ccc(Br)c(CCN)c2)cs1. The van der Waals surface area contributed by atoms with Gasteiger partial charge in [-0.05, 0) is 36.7 Å². The number of aromatic nitrogens is 1. The summed E-state index contributed by atoms with van der Waals surface area (Å²) in [6.07, 6.45) is 0.839. The normalized spacial score (nSPS) is 11.1. The first-order valence-corrected chi connectivity index (χ1v) is 8.33. The Hall–Kier alpha value is -0.910. The first kappa shape index (κ1) is 15.5. The molecular formula is C15H19BrN2OS. The maximum absolute atomic E-state index is 5.81. The fourth-order valence-electron chi connectivity index (χ4n) is 1.80. The topological polar surface area (TPSA) is 48.1 Å². The molecule has 2 N–H and O–H groups in total. The van der Waals surface area contributed by atoms with Crippen molar-refractivity contribution in [3.8, 4) is 5.75 Å². The van der Waals surface area contributed by atoms with E-state index >= 15 is 0 Å². The second-order valence-corrected chi connectivity index (χ2v) is 6.66. The van der Waals surface area contributed by atoms with Crippen molar-refractivity contribution in [1.82, 2.24) is 4.98 Å². The van der Waals surface area contributed by atoms with Crippen LogP contribution in [0.2, 0.25) is 0 Å². The van der Waals surface area contributed by atoms with Crippen molar-refractivity contribution in [1.29, 1.82) is 0 Å². The molecule has 108 valence electrons. The minimum absolute atomic E-state index is 0.470. The molecule has 0 atom stereocenters. The van der Waals surface area contributed by atoms with Crippen molar-refractivity contribution in [3.05, 3.63) is 44.3 Å². The molecule has 0 aliphatic rings. The lowest BCUT2D eigenvalue weighted by Gasteiger charge is -2.08. The molecule has 1 heterocycles. The van der Waals surface area contributed by atoms with E-state index in [1.807, 2.05) is 18.2 Å². The van der Waals surface area contributed by atoms with Crippen LogP contribution >= 0.6 is 27.3 Å². The van der Waals surface area contributed by atoms with Gasteiger partial charge in [-0.1, -0.05) is 29.8 Å². The molecule has 0 fully saturated rings. The highest BCUT2D eigenvalue weighted by molar-refractivity contribution is 9.10. The van der Waals surface area contributed by atoms with E-state index in [4.69, 9.17) is 10.5 Å². The van der Waals surface area contributed by atoms with Crippen LogP contribution in [0.5, 0.6) is 5.75 Å². The van der Waals surface area contributed by atoms with Gasteiger partial charge in [0.2, 0.25) is 0 Å². The van der Waals surface area contributed by atoms with Crippen LogP contribution in [0.4, 0.5) is 0 Å². The van der Waals surface area contributed by atoms with Crippen LogP contribution in [0.3, 0.4) is 0 Å². The number of halogens is 1. The molecule has 0 amide bonds. The lowest BCUT2D eigenvalue weighted by Crippen LogP contribution is -2.04. The average molecular weight is 355 g/mol. The molecule has 2 rings (SSSR count). The zero-order valence-corrected chi connectivity index (χ0v) is 14.1. The highest BCUT2D eigenvalue weighted by Crippen LogP contribution is 2.24. The Bertz CT molecular complexity index is 569. The molecule has 0 radical (unpaired) electrons. The predicted octanol–water partition coefficient (Wildman–Crippen LogP) is 4.11. The molecule has 0 bridgehead atoms. The fourth-order valence-corrected chi connectivity index (χ4v) is 3.06. The third-order valence-electron chi connectivity index (χ3n) is 2.88. The van der Waals surface area contributed by atoms with E-state index in [0.29, 0.717) is 19.1 Å². The third-order valence-corrected chi connectivity index (χ3v) is 4.85. The standard InChI is InChI=1S/C15H19BrN2OS/c1-10(2)15-18-12(9-20-15)8-19-13-3-4-14(16)11(7-13)5-6-17/h3-4,7,9-10H,5-6,8,17H2,1-2H3. The summed E-state index contributed by atoms with van der Waals surface area (Å²) in [7, 11) is 0. The van der Waals surface area contributed by atoms with Crippen molar-refractivity contribution in [3.63, 3.8) is 0 Å². The molecule has 0 saturated carbocycles. The average Bonchev–Trinajstić information content (AvgIpc) is 2.89. The summed E-state index contributed by atoms with van der Waals surface area (Å²) in [4.78, 5) is 4.57. The molecule has 20 heavy (non-hydrogen) atoms. The van der Waals surface area contributed by atoms with E-state index < -0.39 is 0 Å². The molecule has 0 saturated heterocycles. The molecule has 0 spiro atoms. The summed E-state index contributed by atoms with van der Waals surface area (Å²) in [5, 5.41) is 3.22. The van der Waals surface area contributed by atoms with Crippen LogP contribution in [0, 0.1) is 0 Å². The van der Waals surface area contributed by atoms with E-state index in [1.165, 1.54) is 5.56 Å². The molecule has 5 heteroatoms. The Morgan fingerprint density at radius 1 is 1.40 bits per heavy atom. The molecule has 0 unspecified atom stereocenters. The summed E-state index contributed by atoms with van der Waals surface area (Å²) in [5.74, 6) is 1.33. The summed E-state index contributed by atoms with van der Waals surface area (Å²) < 4.78 is 6.88. The molecule has 1 aromatic carbocycles. The smallest absolute Gasteiger partial charge is 0.131 e. The summed E-state index contributed by atoms with van der Waals surface area (Å²) in [6.45, 7) is 5.44. The van der Waals surface area contributed by atoms with Gasteiger partial charge in [0.15, 0.2) is 0 Å². The second-order valence-electron chi connectivity index (χ2n) is 4.91. The first-order valence-electron chi connectivity index (χ1n) is 6.65. The minimum atomic E-state index is 0.470. The molecule has 2 aromatic rings. The van der Waals surface area contributed by atoms with E-state index in [-0.39, 0.29) is 0 Å². The van der Waals surface area contributed by atoms with E-state index in [1.54, 1.807) is 11.3 Å². The van der Waals surface area contributed by atoms with Crippen molar-refractivity contribution in [2.24, 2.45) is 5.73 Å². The second kappa shape index (κ2) is 7.20. The molecule has 0 aliphatic carbocycles. The van der Waals surface area contributed by atoms with Crippen LogP contribution in [-0.4, -0.2) is 11.5 Å². The van der Waals surface area contributed by atoms with Gasteiger partial charge in [-0.2, -0.15) is 0 Å². The van der Waals surface area contributed by atoms with Gasteiger partial charge in [-0.3, -0.25) is 0 Å². The Morgan fingerprint density at radius 3 is 2.85 bits per heavy atom. The Kier molecular flexibility index (Phi) is 5.57. The number of hydrogen-bond donors (Lipinski definition) is 1. The number of benzene rings is 1. The van der Waals surface area contributed by atoms with Crippen LogP contribution in [0.1, 0.15) is 36.0 Å². The van der Waals surface area contributed by atoms with Crippen molar-refractivity contribution >= 4 is 27.3 Å². The summed E-state index contributed by atoms with van der Waals surface area (Å²) >= 11 is 5.22. The van der Waals surface area contributed by atoms with Gasteiger partial charge in [0.05, 0.1) is 10.7 Å². The molecule has 1 aromatic heterocycles. The first-order chi connectivity index (χ1) is 9.60. The Balaban J connectivity index is 2.01. The van der Waals surface area contributed by atoms with Crippen LogP contribution in [0.25, 0.3) is 0 Å². The zero-order chi connectivity index (χ0) is 14.5. The van der Waals surface area contributed by atoms with Crippen LogP contribution in [0.15, 0.2) is 28.1 Å². The molecule has 3 nitrogen and oxygen atoms in total. The monoisotopic (exact) mass is 354 g/mol. The van der Waals surface area contributed by atoms with Crippen LogP contribution in [-0.2, 0) is 13.0 Å². The quantitative estimate of drug-likeness (QED) is 0.848. The number of rotatable bonds is 6. The van der Waals surface area contributed by atoms with Gasteiger partial charge < -0.3 is 10.5 Å². The van der Waals surface area contributed by atoms with Crippen molar-refractivity contribution in [2.75, 3.05) is 6.54 Å². The zero-order valence-electron chi connectivity index (χ0n) is 11.7. The Labute approximate surface area is 132 Å². The predicted molar refractivity (Wildman–Crippen MR) is 87.4 cm³/mol. The van der Waals surface area contributed by atoms with E-state index in [9.17, 15) is 0 Å². The lowest BCUT2D eigenvalue weighted by atomic mass is 10.1. The van der Waals surface area contributed by atoms with E-state index in [0.717, 1.165) is 27.3 Å². The van der Waals surface area contributed by atoms with Gasteiger partial charge >= 0.3 is 0 Å². The van der Waals surface area contributed by atoms with Crippen molar-refractivity contribution in [2.45, 2.75) is 32.8 Å². The number of thiazole rings is 1. The van der Waals surface area contributed by atoms with Gasteiger partial charge in [-0.15, -0.1) is 11.3 Å². The van der Waals surface area contributed by atoms with E-state index in [2.05, 4.69) is 40.1 Å². The number of hydrogen-bond acceptors (Lipinski definition) is 4. The number of nitrogens with two attached hydrogens (primary N) is 1. The molecular weight excluding hydrogens is 336 g/mol.